The number of ether oxygens (including phenoxy) is 1. The second-order valence-corrected chi connectivity index (χ2v) is 9.00. The monoisotopic (exact) mass is 414 g/mol. The second-order valence-electron chi connectivity index (χ2n) is 7.54. The third-order valence-corrected chi connectivity index (χ3v) is 7.34. The fraction of sp³-hybridized carbons (Fsp3) is 0.526. The highest BCUT2D eigenvalue weighted by Crippen LogP contribution is 2.41. The van der Waals surface area contributed by atoms with Crippen molar-refractivity contribution in [3.63, 3.8) is 0 Å². The van der Waals surface area contributed by atoms with Gasteiger partial charge in [0.1, 0.15) is 0 Å². The van der Waals surface area contributed by atoms with Crippen LogP contribution in [0, 0.1) is 5.92 Å². The molecule has 0 unspecified atom stereocenters. The Labute approximate surface area is 169 Å². The number of fused-ring (bicyclic) bond motifs is 4. The molecule has 26 heavy (non-hydrogen) atoms. The minimum absolute atomic E-state index is 0. The molecule has 4 heterocycles. The molecule has 0 spiro atoms. The molecule has 1 aromatic carbocycles. The van der Waals surface area contributed by atoms with Crippen LogP contribution in [-0.4, -0.2) is 42.6 Å². The Hall–Kier alpha value is -1.01. The highest BCUT2D eigenvalue weighted by Gasteiger charge is 2.48. The van der Waals surface area contributed by atoms with Gasteiger partial charge in [0.15, 0.2) is 5.75 Å². The SMILES string of the molecule is COc1c(Cl)ccc2cc(C(=O)N[C@@H]3C4CCN(CC4)C3(C)C)sc12.Cl. The summed E-state index contributed by atoms with van der Waals surface area (Å²) < 4.78 is 6.34. The Morgan fingerprint density at radius 1 is 1.35 bits per heavy atom. The van der Waals surface area contributed by atoms with E-state index in [9.17, 15) is 4.79 Å². The predicted octanol–water partition coefficient (Wildman–Crippen LogP) is 4.59. The minimum Gasteiger partial charge on any atom is -0.494 e. The summed E-state index contributed by atoms with van der Waals surface area (Å²) in [5.41, 5.74) is 0.00844. The number of methoxy groups -OCH3 is 1. The van der Waals surface area contributed by atoms with E-state index >= 15 is 0 Å². The molecule has 0 aliphatic carbocycles. The van der Waals surface area contributed by atoms with Crippen LogP contribution in [0.15, 0.2) is 18.2 Å². The number of thiophene rings is 1. The van der Waals surface area contributed by atoms with E-state index in [-0.39, 0.29) is 29.9 Å². The van der Waals surface area contributed by atoms with Gasteiger partial charge in [-0.15, -0.1) is 23.7 Å². The summed E-state index contributed by atoms with van der Waals surface area (Å²) in [6.07, 6.45) is 2.34. The quantitative estimate of drug-likeness (QED) is 0.798. The van der Waals surface area contributed by atoms with Crippen LogP contribution in [0.5, 0.6) is 5.75 Å². The number of nitrogens with one attached hydrogen (secondary N) is 1. The van der Waals surface area contributed by atoms with Gasteiger partial charge in [-0.1, -0.05) is 17.7 Å². The number of benzene rings is 1. The maximum Gasteiger partial charge on any atom is 0.261 e. The van der Waals surface area contributed by atoms with Crippen molar-refractivity contribution >= 4 is 51.3 Å². The summed E-state index contributed by atoms with van der Waals surface area (Å²) in [5, 5.41) is 4.89. The van der Waals surface area contributed by atoms with Crippen LogP contribution in [0.3, 0.4) is 0 Å². The molecule has 0 radical (unpaired) electrons. The van der Waals surface area contributed by atoms with Crippen molar-refractivity contribution in [3.05, 3.63) is 28.1 Å². The number of rotatable bonds is 3. The smallest absolute Gasteiger partial charge is 0.261 e. The summed E-state index contributed by atoms with van der Waals surface area (Å²) in [7, 11) is 1.61. The van der Waals surface area contributed by atoms with Crippen molar-refractivity contribution in [2.24, 2.45) is 5.92 Å². The Kier molecular flexibility index (Phi) is 5.46. The Balaban J connectivity index is 0.00000196. The first-order valence-corrected chi connectivity index (χ1v) is 9.93. The van der Waals surface area contributed by atoms with Crippen LogP contribution in [0.4, 0.5) is 0 Å². The summed E-state index contributed by atoms with van der Waals surface area (Å²) >= 11 is 7.65. The van der Waals surface area contributed by atoms with E-state index in [1.54, 1.807) is 7.11 Å². The third kappa shape index (κ3) is 3.09. The van der Waals surface area contributed by atoms with Crippen molar-refractivity contribution in [3.8, 4) is 5.75 Å². The number of piperidine rings is 3. The lowest BCUT2D eigenvalue weighted by molar-refractivity contribution is -0.0377. The van der Waals surface area contributed by atoms with Crippen molar-refractivity contribution in [2.45, 2.75) is 38.3 Å². The molecule has 1 amide bonds. The fourth-order valence-electron chi connectivity index (χ4n) is 4.44. The topological polar surface area (TPSA) is 41.6 Å². The summed E-state index contributed by atoms with van der Waals surface area (Å²) in [4.78, 5) is 16.2. The molecule has 0 saturated carbocycles. The van der Waals surface area contributed by atoms with E-state index in [0.717, 1.165) is 23.2 Å². The summed E-state index contributed by atoms with van der Waals surface area (Å²) in [6.45, 7) is 6.78. The van der Waals surface area contributed by atoms with E-state index in [1.807, 2.05) is 18.2 Å². The average molecular weight is 415 g/mol. The van der Waals surface area contributed by atoms with Gasteiger partial charge in [-0.3, -0.25) is 9.69 Å². The van der Waals surface area contributed by atoms with Gasteiger partial charge in [0, 0.05) is 11.6 Å². The lowest BCUT2D eigenvalue weighted by Gasteiger charge is -2.56. The normalized spacial score (nSPS) is 26.4. The fourth-order valence-corrected chi connectivity index (χ4v) is 5.82. The minimum atomic E-state index is 0. The number of halogens is 2. The molecular formula is C19H24Cl2N2O2S. The summed E-state index contributed by atoms with van der Waals surface area (Å²) in [5.74, 6) is 1.22. The number of carbonyl (C=O) groups is 1. The van der Waals surface area contributed by atoms with Gasteiger partial charge in [0.25, 0.3) is 5.91 Å². The highest BCUT2D eigenvalue weighted by atomic mass is 35.5. The van der Waals surface area contributed by atoms with Crippen molar-refractivity contribution in [2.75, 3.05) is 20.2 Å². The van der Waals surface area contributed by atoms with Crippen molar-refractivity contribution in [1.29, 1.82) is 0 Å². The Bertz CT molecular complexity index is 828. The molecule has 7 heteroatoms. The molecule has 3 saturated heterocycles. The Morgan fingerprint density at radius 2 is 2.04 bits per heavy atom. The number of carbonyl (C=O) groups excluding carboxylic acids is 1. The number of amides is 1. The van der Waals surface area contributed by atoms with Gasteiger partial charge >= 0.3 is 0 Å². The third-order valence-electron chi connectivity index (χ3n) is 5.89. The molecule has 2 bridgehead atoms. The zero-order valence-corrected chi connectivity index (χ0v) is 17.6. The van der Waals surface area contributed by atoms with Gasteiger partial charge in [-0.05, 0) is 63.2 Å². The second kappa shape index (κ2) is 7.19. The molecule has 2 aromatic rings. The molecule has 5 rings (SSSR count). The van der Waals surface area contributed by atoms with E-state index in [2.05, 4.69) is 24.1 Å². The first kappa shape index (κ1) is 19.7. The summed E-state index contributed by atoms with van der Waals surface area (Å²) in [6, 6.07) is 5.88. The van der Waals surface area contributed by atoms with Crippen LogP contribution < -0.4 is 10.1 Å². The first-order chi connectivity index (χ1) is 11.9. The van der Waals surface area contributed by atoms with Crippen LogP contribution in [-0.2, 0) is 0 Å². The Morgan fingerprint density at radius 3 is 2.65 bits per heavy atom. The van der Waals surface area contributed by atoms with E-state index in [0.29, 0.717) is 21.6 Å². The van der Waals surface area contributed by atoms with Crippen molar-refractivity contribution < 1.29 is 9.53 Å². The van der Waals surface area contributed by atoms with E-state index < -0.39 is 0 Å². The maximum absolute atomic E-state index is 12.9. The van der Waals surface area contributed by atoms with Gasteiger partial charge in [-0.2, -0.15) is 0 Å². The lowest BCUT2D eigenvalue weighted by Crippen LogP contribution is -2.69. The van der Waals surface area contributed by atoms with Crippen molar-refractivity contribution in [1.82, 2.24) is 10.2 Å². The molecule has 1 atom stereocenters. The van der Waals surface area contributed by atoms with Gasteiger partial charge in [-0.25, -0.2) is 0 Å². The van der Waals surface area contributed by atoms with Gasteiger partial charge in [0.05, 0.1) is 21.7 Å². The van der Waals surface area contributed by atoms with E-state index in [1.165, 1.54) is 24.2 Å². The molecule has 142 valence electrons. The van der Waals surface area contributed by atoms with Crippen LogP contribution in [0.1, 0.15) is 36.4 Å². The molecule has 3 fully saturated rings. The molecule has 3 aliphatic rings. The van der Waals surface area contributed by atoms with Crippen LogP contribution in [0.25, 0.3) is 10.1 Å². The van der Waals surface area contributed by atoms with Crippen LogP contribution in [0.2, 0.25) is 5.02 Å². The first-order valence-electron chi connectivity index (χ1n) is 8.74. The average Bonchev–Trinajstić information content (AvgIpc) is 3.02. The molecule has 3 aliphatic heterocycles. The number of hydrogen-bond acceptors (Lipinski definition) is 4. The van der Waals surface area contributed by atoms with E-state index in [4.69, 9.17) is 16.3 Å². The molecule has 4 nitrogen and oxygen atoms in total. The maximum atomic E-state index is 12.9. The predicted molar refractivity (Wildman–Crippen MR) is 110 cm³/mol. The molecule has 1 N–H and O–H groups in total. The number of hydrogen-bond donors (Lipinski definition) is 1. The number of nitrogens with zero attached hydrogens (tertiary/aromatic N) is 1. The van der Waals surface area contributed by atoms with Gasteiger partial charge in [0.2, 0.25) is 0 Å². The van der Waals surface area contributed by atoms with Gasteiger partial charge < -0.3 is 10.1 Å². The zero-order chi connectivity index (χ0) is 17.8. The molecular weight excluding hydrogens is 391 g/mol. The lowest BCUT2D eigenvalue weighted by atomic mass is 9.72. The molecule has 1 aromatic heterocycles. The standard InChI is InChI=1S/C19H23ClN2O2S.ClH/c1-19(2)17(11-6-8-22(19)9-7-11)21-18(23)14-10-12-4-5-13(20)15(24-3)16(12)25-14;/h4-5,10-11,17H,6-9H2,1-3H3,(H,21,23);1H/t17-;/m1./s1. The highest BCUT2D eigenvalue weighted by molar-refractivity contribution is 7.21. The van der Waals surface area contributed by atoms with Crippen LogP contribution >= 0.6 is 35.3 Å². The largest absolute Gasteiger partial charge is 0.494 e. The zero-order valence-electron chi connectivity index (χ0n) is 15.2.